The summed E-state index contributed by atoms with van der Waals surface area (Å²) in [6.45, 7) is 1.60. The van der Waals surface area contributed by atoms with Gasteiger partial charge in [-0.2, -0.15) is 4.31 Å². The van der Waals surface area contributed by atoms with Gasteiger partial charge in [0.25, 0.3) is 0 Å². The number of morpholine rings is 1. The molecule has 1 N–H and O–H groups in total. The lowest BCUT2D eigenvalue weighted by atomic mass is 10.1. The van der Waals surface area contributed by atoms with Crippen LogP contribution in [0.5, 0.6) is 0 Å². The summed E-state index contributed by atoms with van der Waals surface area (Å²) in [5.41, 5.74) is 1.13. The van der Waals surface area contributed by atoms with Crippen LogP contribution in [0.1, 0.15) is 6.42 Å². The number of hydrogen-bond acceptors (Lipinski definition) is 5. The maximum Gasteiger partial charge on any atom is 0.243 e. The molecule has 0 bridgehead atoms. The van der Waals surface area contributed by atoms with E-state index in [0.717, 1.165) is 0 Å². The van der Waals surface area contributed by atoms with Crippen molar-refractivity contribution in [1.82, 2.24) is 4.31 Å². The fourth-order valence-corrected chi connectivity index (χ4v) is 5.28. The van der Waals surface area contributed by atoms with Gasteiger partial charge < -0.3 is 15.0 Å². The van der Waals surface area contributed by atoms with E-state index in [1.54, 1.807) is 36.4 Å². The number of sulfonamides is 1. The molecule has 2 aromatic carbocycles. The zero-order chi connectivity index (χ0) is 22.0. The van der Waals surface area contributed by atoms with Crippen molar-refractivity contribution in [2.75, 3.05) is 43.1 Å². The lowest BCUT2D eigenvalue weighted by Gasteiger charge is -2.26. The Labute approximate surface area is 185 Å². The monoisotopic (exact) mass is 463 g/mol. The van der Waals surface area contributed by atoms with Crippen molar-refractivity contribution in [1.29, 1.82) is 0 Å². The summed E-state index contributed by atoms with van der Waals surface area (Å²) in [5.74, 6) is -0.956. The number of carbonyl (C=O) groups excluding carboxylic acids is 2. The largest absolute Gasteiger partial charge is 0.379 e. The minimum atomic E-state index is -3.60. The van der Waals surface area contributed by atoms with Gasteiger partial charge in [0.05, 0.1) is 24.0 Å². The number of hydrogen-bond donors (Lipinski definition) is 1. The van der Waals surface area contributed by atoms with E-state index in [4.69, 9.17) is 16.3 Å². The van der Waals surface area contributed by atoms with E-state index in [2.05, 4.69) is 5.32 Å². The second kappa shape index (κ2) is 8.96. The van der Waals surface area contributed by atoms with Crippen molar-refractivity contribution in [3.63, 3.8) is 0 Å². The van der Waals surface area contributed by atoms with Gasteiger partial charge in [0.2, 0.25) is 21.8 Å². The van der Waals surface area contributed by atoms with Crippen LogP contribution in [-0.4, -0.2) is 57.4 Å². The SMILES string of the molecule is O=C(Nc1cccc(Cl)c1)C1CC(=O)N(c2ccc(S(=O)(=O)N3CCOCC3)cc2)C1. The molecule has 31 heavy (non-hydrogen) atoms. The maximum atomic E-state index is 12.8. The minimum absolute atomic E-state index is 0.0836. The molecule has 2 aromatic rings. The van der Waals surface area contributed by atoms with Crippen LogP contribution in [0, 0.1) is 5.92 Å². The maximum absolute atomic E-state index is 12.8. The molecule has 2 aliphatic heterocycles. The van der Waals surface area contributed by atoms with Crippen LogP contribution in [0.4, 0.5) is 11.4 Å². The van der Waals surface area contributed by atoms with Gasteiger partial charge in [-0.3, -0.25) is 9.59 Å². The highest BCUT2D eigenvalue weighted by molar-refractivity contribution is 7.89. The average Bonchev–Trinajstić information content (AvgIpc) is 3.16. The fourth-order valence-electron chi connectivity index (χ4n) is 3.68. The summed E-state index contributed by atoms with van der Waals surface area (Å²) >= 11 is 5.94. The Kier molecular flexibility index (Phi) is 6.29. The minimum Gasteiger partial charge on any atom is -0.379 e. The van der Waals surface area contributed by atoms with Gasteiger partial charge in [-0.1, -0.05) is 17.7 Å². The van der Waals surface area contributed by atoms with Crippen LogP contribution < -0.4 is 10.2 Å². The first-order chi connectivity index (χ1) is 14.8. The number of nitrogens with one attached hydrogen (secondary N) is 1. The first kappa shape index (κ1) is 21.8. The van der Waals surface area contributed by atoms with Gasteiger partial charge in [-0.25, -0.2) is 8.42 Å². The molecule has 2 saturated heterocycles. The number of benzene rings is 2. The fraction of sp³-hybridized carbons (Fsp3) is 0.333. The summed E-state index contributed by atoms with van der Waals surface area (Å²) in [4.78, 5) is 26.8. The molecule has 10 heteroatoms. The van der Waals surface area contributed by atoms with Gasteiger partial charge in [0, 0.05) is 42.5 Å². The summed E-state index contributed by atoms with van der Waals surface area (Å²) in [6, 6.07) is 13.0. The molecular formula is C21H22ClN3O5S. The van der Waals surface area contributed by atoms with Crippen molar-refractivity contribution in [2.45, 2.75) is 11.3 Å². The molecule has 2 amide bonds. The Morgan fingerprint density at radius 1 is 1.10 bits per heavy atom. The highest BCUT2D eigenvalue weighted by Crippen LogP contribution is 2.28. The molecule has 2 fully saturated rings. The quantitative estimate of drug-likeness (QED) is 0.734. The van der Waals surface area contributed by atoms with Crippen LogP contribution in [-0.2, 0) is 24.3 Å². The Balaban J connectivity index is 1.44. The van der Waals surface area contributed by atoms with Gasteiger partial charge in [0.1, 0.15) is 0 Å². The third-order valence-electron chi connectivity index (χ3n) is 5.34. The highest BCUT2D eigenvalue weighted by Gasteiger charge is 2.35. The molecule has 2 heterocycles. The van der Waals surface area contributed by atoms with E-state index < -0.39 is 15.9 Å². The zero-order valence-corrected chi connectivity index (χ0v) is 18.2. The smallest absolute Gasteiger partial charge is 0.243 e. The molecule has 0 saturated carbocycles. The Bertz CT molecular complexity index is 1080. The second-order valence-corrected chi connectivity index (χ2v) is 9.79. The molecule has 4 rings (SSSR count). The van der Waals surface area contributed by atoms with Gasteiger partial charge in [-0.15, -0.1) is 0 Å². The molecule has 8 nitrogen and oxygen atoms in total. The van der Waals surface area contributed by atoms with Crippen LogP contribution in [0.15, 0.2) is 53.4 Å². The van der Waals surface area contributed by atoms with Crippen LogP contribution in [0.3, 0.4) is 0 Å². The molecule has 0 aliphatic carbocycles. The van der Waals surface area contributed by atoms with E-state index in [0.29, 0.717) is 42.7 Å². The van der Waals surface area contributed by atoms with E-state index in [-0.39, 0.29) is 29.7 Å². The first-order valence-corrected chi connectivity index (χ1v) is 11.7. The number of rotatable bonds is 5. The topological polar surface area (TPSA) is 96.0 Å². The second-order valence-electron chi connectivity index (χ2n) is 7.42. The molecule has 0 aromatic heterocycles. The molecule has 1 atom stereocenters. The van der Waals surface area contributed by atoms with Crippen molar-refractivity contribution >= 4 is 44.8 Å². The third-order valence-corrected chi connectivity index (χ3v) is 7.49. The molecule has 0 spiro atoms. The van der Waals surface area contributed by atoms with E-state index >= 15 is 0 Å². The van der Waals surface area contributed by atoms with Gasteiger partial charge in [-0.05, 0) is 42.5 Å². The Morgan fingerprint density at radius 3 is 2.48 bits per heavy atom. The Morgan fingerprint density at radius 2 is 1.81 bits per heavy atom. The number of anilines is 2. The van der Waals surface area contributed by atoms with E-state index in [1.807, 2.05) is 0 Å². The lowest BCUT2D eigenvalue weighted by molar-refractivity contribution is -0.122. The molecule has 2 aliphatic rings. The molecule has 164 valence electrons. The molecule has 0 radical (unpaired) electrons. The van der Waals surface area contributed by atoms with E-state index in [9.17, 15) is 18.0 Å². The van der Waals surface area contributed by atoms with Gasteiger partial charge in [0.15, 0.2) is 0 Å². The predicted molar refractivity (Wildman–Crippen MR) is 117 cm³/mol. The molecular weight excluding hydrogens is 442 g/mol. The number of halogens is 1. The number of ether oxygens (including phenoxy) is 1. The summed E-state index contributed by atoms with van der Waals surface area (Å²) in [7, 11) is -3.60. The normalized spacial score (nSPS) is 20.1. The first-order valence-electron chi connectivity index (χ1n) is 9.89. The number of nitrogens with zero attached hydrogens (tertiary/aromatic N) is 2. The summed E-state index contributed by atoms with van der Waals surface area (Å²) in [5, 5.41) is 3.29. The van der Waals surface area contributed by atoms with Crippen LogP contribution in [0.2, 0.25) is 5.02 Å². The zero-order valence-electron chi connectivity index (χ0n) is 16.7. The third kappa shape index (κ3) is 4.74. The van der Waals surface area contributed by atoms with E-state index in [1.165, 1.54) is 21.3 Å². The van der Waals surface area contributed by atoms with Gasteiger partial charge >= 0.3 is 0 Å². The van der Waals surface area contributed by atoms with Crippen molar-refractivity contribution in [2.24, 2.45) is 5.92 Å². The summed E-state index contributed by atoms with van der Waals surface area (Å²) < 4.78 is 32.1. The summed E-state index contributed by atoms with van der Waals surface area (Å²) in [6.07, 6.45) is 0.0836. The Hall–Kier alpha value is -2.46. The number of carbonyl (C=O) groups is 2. The van der Waals surface area contributed by atoms with Crippen LogP contribution >= 0.6 is 11.6 Å². The standard InChI is InChI=1S/C21H22ClN3O5S/c22-16-2-1-3-17(13-16)23-21(27)15-12-20(26)25(14-15)18-4-6-19(7-5-18)31(28,29)24-8-10-30-11-9-24/h1-7,13,15H,8-12,14H2,(H,23,27). The van der Waals surface area contributed by atoms with Crippen molar-refractivity contribution in [3.05, 3.63) is 53.6 Å². The predicted octanol–water partition coefficient (Wildman–Crippen LogP) is 2.35. The number of amides is 2. The highest BCUT2D eigenvalue weighted by atomic mass is 35.5. The van der Waals surface area contributed by atoms with Crippen molar-refractivity contribution in [3.8, 4) is 0 Å². The van der Waals surface area contributed by atoms with Crippen LogP contribution in [0.25, 0.3) is 0 Å². The van der Waals surface area contributed by atoms with Crippen molar-refractivity contribution < 1.29 is 22.7 Å². The average molecular weight is 464 g/mol. The molecule has 1 unspecified atom stereocenters. The lowest BCUT2D eigenvalue weighted by Crippen LogP contribution is -2.40.